The van der Waals surface area contributed by atoms with Crippen molar-refractivity contribution in [3.05, 3.63) is 0 Å². The molecule has 0 aromatic rings. The molecular weight excluding hydrogens is 264 g/mol. The van der Waals surface area contributed by atoms with Crippen LogP contribution in [0.4, 0.5) is 0 Å². The van der Waals surface area contributed by atoms with Gasteiger partial charge in [0.25, 0.3) is 0 Å². The van der Waals surface area contributed by atoms with Crippen LogP contribution in [0.1, 0.15) is 33.1 Å². The number of nitrogens with zero attached hydrogens (tertiary/aromatic N) is 3. The van der Waals surface area contributed by atoms with Crippen LogP contribution in [0.2, 0.25) is 0 Å². The van der Waals surface area contributed by atoms with Gasteiger partial charge in [-0.05, 0) is 52.4 Å². The van der Waals surface area contributed by atoms with Crippen molar-refractivity contribution in [3.63, 3.8) is 0 Å². The summed E-state index contributed by atoms with van der Waals surface area (Å²) < 4.78 is 0. The molecule has 0 bridgehead atoms. The lowest BCUT2D eigenvalue weighted by atomic mass is 10.0. The highest BCUT2D eigenvalue weighted by Crippen LogP contribution is 2.14. The van der Waals surface area contributed by atoms with Gasteiger partial charge in [-0.2, -0.15) is 0 Å². The van der Waals surface area contributed by atoms with Crippen LogP contribution in [0.15, 0.2) is 0 Å². The molecule has 0 spiro atoms. The predicted molar refractivity (Wildman–Crippen MR) is 88.2 cm³/mol. The first-order valence-corrected chi connectivity index (χ1v) is 8.20. The van der Waals surface area contributed by atoms with Gasteiger partial charge in [0, 0.05) is 26.2 Å². The van der Waals surface area contributed by atoms with Gasteiger partial charge in [-0.1, -0.05) is 13.8 Å². The van der Waals surface area contributed by atoms with Crippen molar-refractivity contribution in [1.29, 1.82) is 0 Å². The first-order valence-electron chi connectivity index (χ1n) is 8.20. The van der Waals surface area contributed by atoms with Gasteiger partial charge in [0.05, 0.1) is 6.04 Å². The minimum Gasteiger partial charge on any atom is -0.343 e. The molecule has 0 saturated carbocycles. The van der Waals surface area contributed by atoms with Crippen molar-refractivity contribution >= 4 is 5.91 Å². The maximum atomic E-state index is 12.2. The second kappa shape index (κ2) is 8.71. The Labute approximate surface area is 130 Å². The lowest BCUT2D eigenvalue weighted by molar-refractivity contribution is -0.131. The van der Waals surface area contributed by atoms with Crippen molar-refractivity contribution in [2.75, 3.05) is 47.3 Å². The third-order valence-corrected chi connectivity index (χ3v) is 4.52. The van der Waals surface area contributed by atoms with Crippen LogP contribution >= 0.6 is 0 Å². The number of hydrogen-bond donors (Lipinski definition) is 1. The quantitative estimate of drug-likeness (QED) is 0.757. The first-order chi connectivity index (χ1) is 9.81. The number of hydrogen-bond acceptors (Lipinski definition) is 4. The standard InChI is InChI=1S/C16H34N4O/c1-13(2)12-15(17)16(21)20(5)11-10-19(4)14-6-8-18(3)9-7-14/h13-15H,6-12,17H2,1-5H3/t15-/m1/s1. The second-order valence-corrected chi connectivity index (χ2v) is 7.01. The molecule has 1 atom stereocenters. The molecule has 0 unspecified atom stereocenters. The molecule has 0 aliphatic carbocycles. The van der Waals surface area contributed by atoms with E-state index in [1.54, 1.807) is 4.90 Å². The van der Waals surface area contributed by atoms with Gasteiger partial charge >= 0.3 is 0 Å². The van der Waals surface area contributed by atoms with E-state index in [4.69, 9.17) is 5.73 Å². The molecule has 1 amide bonds. The molecule has 21 heavy (non-hydrogen) atoms. The third-order valence-electron chi connectivity index (χ3n) is 4.52. The molecule has 5 nitrogen and oxygen atoms in total. The molecule has 5 heteroatoms. The lowest BCUT2D eigenvalue weighted by Crippen LogP contribution is -2.47. The molecule has 1 aliphatic heterocycles. The molecule has 1 heterocycles. The summed E-state index contributed by atoms with van der Waals surface area (Å²) in [5.74, 6) is 0.528. The molecule has 0 aromatic heterocycles. The van der Waals surface area contributed by atoms with Gasteiger partial charge in [-0.3, -0.25) is 4.79 Å². The van der Waals surface area contributed by atoms with E-state index in [0.29, 0.717) is 12.0 Å². The van der Waals surface area contributed by atoms with E-state index in [0.717, 1.165) is 19.5 Å². The van der Waals surface area contributed by atoms with Crippen LogP contribution < -0.4 is 5.73 Å². The maximum absolute atomic E-state index is 12.2. The van der Waals surface area contributed by atoms with Crippen molar-refractivity contribution in [3.8, 4) is 0 Å². The van der Waals surface area contributed by atoms with E-state index in [2.05, 4.69) is 37.7 Å². The monoisotopic (exact) mass is 298 g/mol. The highest BCUT2D eigenvalue weighted by molar-refractivity contribution is 5.81. The summed E-state index contributed by atoms with van der Waals surface area (Å²) in [6.07, 6.45) is 3.20. The van der Waals surface area contributed by atoms with E-state index in [1.165, 1.54) is 25.9 Å². The summed E-state index contributed by atoms with van der Waals surface area (Å²) in [5, 5.41) is 0. The zero-order chi connectivity index (χ0) is 16.0. The normalized spacial score (nSPS) is 19.2. The van der Waals surface area contributed by atoms with Crippen LogP contribution in [0, 0.1) is 5.92 Å². The fraction of sp³-hybridized carbons (Fsp3) is 0.938. The molecule has 1 aliphatic rings. The Morgan fingerprint density at radius 1 is 1.24 bits per heavy atom. The number of likely N-dealkylation sites (N-methyl/N-ethyl adjacent to an activating group) is 2. The first kappa shape index (κ1) is 18.4. The smallest absolute Gasteiger partial charge is 0.239 e. The van der Waals surface area contributed by atoms with E-state index in [9.17, 15) is 4.79 Å². The Kier molecular flexibility index (Phi) is 7.63. The van der Waals surface area contributed by atoms with Crippen molar-refractivity contribution in [2.45, 2.75) is 45.2 Å². The number of nitrogens with two attached hydrogens (primary N) is 1. The lowest BCUT2D eigenvalue weighted by Gasteiger charge is -2.36. The molecule has 124 valence electrons. The van der Waals surface area contributed by atoms with E-state index in [1.807, 2.05) is 7.05 Å². The maximum Gasteiger partial charge on any atom is 0.239 e. The van der Waals surface area contributed by atoms with Crippen molar-refractivity contribution in [1.82, 2.24) is 14.7 Å². The van der Waals surface area contributed by atoms with Gasteiger partial charge in [0.2, 0.25) is 5.91 Å². The average Bonchev–Trinajstić information content (AvgIpc) is 2.43. The second-order valence-electron chi connectivity index (χ2n) is 7.01. The van der Waals surface area contributed by atoms with Crippen molar-refractivity contribution in [2.24, 2.45) is 11.7 Å². The van der Waals surface area contributed by atoms with Gasteiger partial charge in [0.15, 0.2) is 0 Å². The number of carbonyl (C=O) groups is 1. The summed E-state index contributed by atoms with van der Waals surface area (Å²) in [6.45, 7) is 8.21. The van der Waals surface area contributed by atoms with E-state index in [-0.39, 0.29) is 11.9 Å². The highest BCUT2D eigenvalue weighted by Gasteiger charge is 2.22. The molecule has 2 N–H and O–H groups in total. The molecular formula is C16H34N4O. The number of rotatable bonds is 7. The summed E-state index contributed by atoms with van der Waals surface area (Å²) in [6, 6.07) is 0.290. The Morgan fingerprint density at radius 3 is 2.33 bits per heavy atom. The minimum absolute atomic E-state index is 0.0699. The van der Waals surface area contributed by atoms with Crippen molar-refractivity contribution < 1.29 is 4.79 Å². The van der Waals surface area contributed by atoms with Crippen LogP contribution in [-0.2, 0) is 4.79 Å². The van der Waals surface area contributed by atoms with Gasteiger partial charge in [-0.15, -0.1) is 0 Å². The predicted octanol–water partition coefficient (Wildman–Crippen LogP) is 0.844. The summed E-state index contributed by atoms with van der Waals surface area (Å²) in [7, 11) is 6.21. The number of carbonyl (C=O) groups excluding carboxylic acids is 1. The molecule has 1 rings (SSSR count). The van der Waals surface area contributed by atoms with Gasteiger partial charge in [0.1, 0.15) is 0 Å². The SMILES string of the molecule is CC(C)C[C@@H](N)C(=O)N(C)CCN(C)C1CCN(C)CC1. The van der Waals surface area contributed by atoms with Crippen LogP contribution in [-0.4, -0.2) is 80.0 Å². The third kappa shape index (κ3) is 6.32. The summed E-state index contributed by atoms with van der Waals surface area (Å²) in [5.41, 5.74) is 5.97. The highest BCUT2D eigenvalue weighted by atomic mass is 16.2. The van der Waals surface area contributed by atoms with Gasteiger partial charge in [-0.25, -0.2) is 0 Å². The fourth-order valence-electron chi connectivity index (χ4n) is 2.93. The van der Waals surface area contributed by atoms with E-state index >= 15 is 0 Å². The number of piperidine rings is 1. The fourth-order valence-corrected chi connectivity index (χ4v) is 2.93. The Balaban J connectivity index is 2.31. The number of likely N-dealkylation sites (tertiary alicyclic amines) is 1. The largest absolute Gasteiger partial charge is 0.343 e. The molecule has 1 fully saturated rings. The average molecular weight is 298 g/mol. The van der Waals surface area contributed by atoms with Crippen LogP contribution in [0.25, 0.3) is 0 Å². The minimum atomic E-state index is -0.358. The Bertz CT molecular complexity index is 313. The van der Waals surface area contributed by atoms with Crippen LogP contribution in [0.5, 0.6) is 0 Å². The summed E-state index contributed by atoms with van der Waals surface area (Å²) in [4.78, 5) is 18.7. The Morgan fingerprint density at radius 2 is 1.81 bits per heavy atom. The Hall–Kier alpha value is -0.650. The zero-order valence-electron chi connectivity index (χ0n) is 14.5. The number of amides is 1. The summed E-state index contributed by atoms with van der Waals surface area (Å²) >= 11 is 0. The molecule has 0 aromatic carbocycles. The van der Waals surface area contributed by atoms with E-state index < -0.39 is 0 Å². The molecule has 0 radical (unpaired) electrons. The molecule has 1 saturated heterocycles. The van der Waals surface area contributed by atoms with Gasteiger partial charge < -0.3 is 20.4 Å². The van der Waals surface area contributed by atoms with Crippen LogP contribution in [0.3, 0.4) is 0 Å². The topological polar surface area (TPSA) is 52.8 Å². The zero-order valence-corrected chi connectivity index (χ0v) is 14.5.